The molecule has 2 aromatic rings. The van der Waals surface area contributed by atoms with E-state index < -0.39 is 5.82 Å². The van der Waals surface area contributed by atoms with Crippen molar-refractivity contribution in [3.63, 3.8) is 0 Å². The summed E-state index contributed by atoms with van der Waals surface area (Å²) in [5.41, 5.74) is 0.0121. The molecule has 4 nitrogen and oxygen atoms in total. The number of nitrogens with zero attached hydrogens (tertiary/aromatic N) is 2. The van der Waals surface area contributed by atoms with Crippen molar-refractivity contribution in [1.29, 1.82) is 0 Å². The summed E-state index contributed by atoms with van der Waals surface area (Å²) in [7, 11) is 0. The minimum atomic E-state index is -0.410. The Balaban J connectivity index is 2.00. The van der Waals surface area contributed by atoms with Gasteiger partial charge in [-0.3, -0.25) is 0 Å². The molecule has 0 amide bonds. The molecule has 102 valence electrons. The summed E-state index contributed by atoms with van der Waals surface area (Å²) in [5, 5.41) is 12.4. The van der Waals surface area contributed by atoms with Crippen LogP contribution in [0.1, 0.15) is 25.8 Å². The lowest BCUT2D eigenvalue weighted by molar-refractivity contribution is 0.422. The Morgan fingerprint density at radius 3 is 2.68 bits per heavy atom. The maximum absolute atomic E-state index is 13.4. The molecule has 1 aromatic carbocycles. The lowest BCUT2D eigenvalue weighted by Crippen LogP contribution is -2.35. The van der Waals surface area contributed by atoms with Crippen LogP contribution in [0.15, 0.2) is 24.3 Å². The first-order valence-electron chi connectivity index (χ1n) is 5.94. The lowest BCUT2D eigenvalue weighted by Gasteiger charge is -2.19. The third kappa shape index (κ3) is 4.25. The molecule has 1 heterocycles. The smallest absolute Gasteiger partial charge is 0.299 e. The fourth-order valence-electron chi connectivity index (χ4n) is 1.31. The fraction of sp³-hybridized carbons (Fsp3) is 0.385. The van der Waals surface area contributed by atoms with Crippen LogP contribution in [-0.2, 0) is 6.54 Å². The van der Waals surface area contributed by atoms with Gasteiger partial charge >= 0.3 is 0 Å². The summed E-state index contributed by atoms with van der Waals surface area (Å²) < 4.78 is 18.8. The third-order valence-electron chi connectivity index (χ3n) is 2.25. The van der Waals surface area contributed by atoms with Gasteiger partial charge in [0.25, 0.3) is 5.19 Å². The molecule has 1 N–H and O–H groups in total. The fourth-order valence-corrected chi connectivity index (χ4v) is 1.95. The summed E-state index contributed by atoms with van der Waals surface area (Å²) in [6.07, 6.45) is 0. The summed E-state index contributed by atoms with van der Waals surface area (Å²) in [5.74, 6) is -0.249. The number of benzene rings is 1. The molecule has 6 heteroatoms. The van der Waals surface area contributed by atoms with Crippen molar-refractivity contribution in [3.8, 4) is 10.9 Å². The molecule has 0 aliphatic heterocycles. The lowest BCUT2D eigenvalue weighted by atomic mass is 10.1. The second-order valence-electron chi connectivity index (χ2n) is 5.10. The van der Waals surface area contributed by atoms with E-state index in [4.69, 9.17) is 4.74 Å². The van der Waals surface area contributed by atoms with Crippen LogP contribution in [0.2, 0.25) is 0 Å². The highest BCUT2D eigenvalue weighted by atomic mass is 32.1. The standard InChI is InChI=1S/C13H16FN3OS/c1-13(2,3)15-8-11-16-17-12(19-11)18-10-7-5-4-6-9(10)14/h4-7,15H,8H2,1-3H3. The molecule has 0 unspecified atom stereocenters. The van der Waals surface area contributed by atoms with Gasteiger partial charge in [0.1, 0.15) is 5.01 Å². The number of halogens is 1. The van der Waals surface area contributed by atoms with Crippen LogP contribution in [-0.4, -0.2) is 15.7 Å². The molecule has 0 bridgehead atoms. The van der Waals surface area contributed by atoms with Gasteiger partial charge in [-0.05, 0) is 32.9 Å². The van der Waals surface area contributed by atoms with E-state index in [2.05, 4.69) is 36.3 Å². The zero-order valence-electron chi connectivity index (χ0n) is 11.1. The van der Waals surface area contributed by atoms with Crippen molar-refractivity contribution in [3.05, 3.63) is 35.1 Å². The Morgan fingerprint density at radius 2 is 2.00 bits per heavy atom. The molecule has 0 spiro atoms. The maximum Gasteiger partial charge on any atom is 0.299 e. The molecule has 0 atom stereocenters. The van der Waals surface area contributed by atoms with Gasteiger partial charge in [-0.15, -0.1) is 5.10 Å². The quantitative estimate of drug-likeness (QED) is 0.933. The molecule has 0 radical (unpaired) electrons. The molecule has 0 fully saturated rings. The minimum Gasteiger partial charge on any atom is -0.427 e. The van der Waals surface area contributed by atoms with E-state index in [0.29, 0.717) is 11.7 Å². The van der Waals surface area contributed by atoms with E-state index >= 15 is 0 Å². The Morgan fingerprint density at radius 1 is 1.26 bits per heavy atom. The minimum absolute atomic E-state index is 0.0121. The van der Waals surface area contributed by atoms with Gasteiger partial charge < -0.3 is 10.1 Å². The van der Waals surface area contributed by atoms with Crippen molar-refractivity contribution < 1.29 is 9.13 Å². The highest BCUT2D eigenvalue weighted by Gasteiger charge is 2.12. The molecular weight excluding hydrogens is 265 g/mol. The van der Waals surface area contributed by atoms with E-state index in [1.54, 1.807) is 18.2 Å². The number of aromatic nitrogens is 2. The van der Waals surface area contributed by atoms with Gasteiger partial charge in [-0.1, -0.05) is 28.6 Å². The molecule has 2 rings (SSSR count). The van der Waals surface area contributed by atoms with E-state index in [-0.39, 0.29) is 11.3 Å². The molecule has 0 aliphatic carbocycles. The first-order valence-corrected chi connectivity index (χ1v) is 6.75. The third-order valence-corrected chi connectivity index (χ3v) is 3.05. The molecule has 0 saturated carbocycles. The number of ether oxygens (including phenoxy) is 1. The van der Waals surface area contributed by atoms with Gasteiger partial charge in [0.15, 0.2) is 11.6 Å². The predicted octanol–water partition coefficient (Wildman–Crippen LogP) is 3.36. The largest absolute Gasteiger partial charge is 0.427 e. The average Bonchev–Trinajstić information content (AvgIpc) is 2.77. The Labute approximate surface area is 115 Å². The van der Waals surface area contributed by atoms with Crippen molar-refractivity contribution in [2.24, 2.45) is 0 Å². The Bertz CT molecular complexity index is 551. The molecule has 0 aliphatic rings. The van der Waals surface area contributed by atoms with Crippen LogP contribution < -0.4 is 10.1 Å². The van der Waals surface area contributed by atoms with E-state index in [0.717, 1.165) is 5.01 Å². The Hall–Kier alpha value is -1.53. The first kappa shape index (κ1) is 13.9. The number of para-hydroxylation sites is 1. The van der Waals surface area contributed by atoms with Crippen LogP contribution >= 0.6 is 11.3 Å². The average molecular weight is 281 g/mol. The SMILES string of the molecule is CC(C)(C)NCc1nnc(Oc2ccccc2F)s1. The molecular formula is C13H16FN3OS. The normalized spacial score (nSPS) is 11.6. The summed E-state index contributed by atoms with van der Waals surface area (Å²) in [6.45, 7) is 6.84. The van der Waals surface area contributed by atoms with Crippen molar-refractivity contribution in [1.82, 2.24) is 15.5 Å². The number of hydrogen-bond acceptors (Lipinski definition) is 5. The molecule has 1 aromatic heterocycles. The van der Waals surface area contributed by atoms with Gasteiger partial charge in [0.05, 0.1) is 6.54 Å². The summed E-state index contributed by atoms with van der Waals surface area (Å²) in [6, 6.07) is 6.23. The van der Waals surface area contributed by atoms with Crippen molar-refractivity contribution in [2.75, 3.05) is 0 Å². The van der Waals surface area contributed by atoms with Gasteiger partial charge in [0.2, 0.25) is 0 Å². The second kappa shape index (κ2) is 5.63. The van der Waals surface area contributed by atoms with Crippen LogP contribution in [0.5, 0.6) is 10.9 Å². The monoisotopic (exact) mass is 281 g/mol. The predicted molar refractivity (Wildman–Crippen MR) is 73.0 cm³/mol. The topological polar surface area (TPSA) is 47.0 Å². The van der Waals surface area contributed by atoms with E-state index in [1.165, 1.54) is 17.4 Å². The highest BCUT2D eigenvalue weighted by molar-refractivity contribution is 7.13. The zero-order valence-corrected chi connectivity index (χ0v) is 11.9. The highest BCUT2D eigenvalue weighted by Crippen LogP contribution is 2.26. The summed E-state index contributed by atoms with van der Waals surface area (Å²) in [4.78, 5) is 0. The van der Waals surface area contributed by atoms with Crippen LogP contribution in [0.4, 0.5) is 4.39 Å². The zero-order chi connectivity index (χ0) is 13.9. The van der Waals surface area contributed by atoms with Gasteiger partial charge in [-0.25, -0.2) is 4.39 Å². The number of hydrogen-bond donors (Lipinski definition) is 1. The summed E-state index contributed by atoms with van der Waals surface area (Å²) >= 11 is 1.30. The number of nitrogens with one attached hydrogen (secondary N) is 1. The molecule has 19 heavy (non-hydrogen) atoms. The molecule has 0 saturated heterocycles. The van der Waals surface area contributed by atoms with E-state index in [1.807, 2.05) is 0 Å². The van der Waals surface area contributed by atoms with Crippen LogP contribution in [0, 0.1) is 5.82 Å². The van der Waals surface area contributed by atoms with Crippen LogP contribution in [0.3, 0.4) is 0 Å². The van der Waals surface area contributed by atoms with Crippen molar-refractivity contribution in [2.45, 2.75) is 32.9 Å². The Kier molecular flexibility index (Phi) is 4.11. The van der Waals surface area contributed by atoms with Gasteiger partial charge in [-0.2, -0.15) is 0 Å². The first-order chi connectivity index (χ1) is 8.94. The number of rotatable bonds is 4. The maximum atomic E-state index is 13.4. The van der Waals surface area contributed by atoms with Crippen molar-refractivity contribution >= 4 is 11.3 Å². The van der Waals surface area contributed by atoms with Gasteiger partial charge in [0, 0.05) is 5.54 Å². The van der Waals surface area contributed by atoms with Crippen LogP contribution in [0.25, 0.3) is 0 Å². The van der Waals surface area contributed by atoms with E-state index in [9.17, 15) is 4.39 Å². The second-order valence-corrected chi connectivity index (χ2v) is 6.12.